The molecule has 0 aliphatic carbocycles. The molecule has 0 atom stereocenters. The molecule has 1 aliphatic heterocycles. The molecule has 43 heavy (non-hydrogen) atoms. The Morgan fingerprint density at radius 2 is 1.21 bits per heavy atom. The van der Waals surface area contributed by atoms with E-state index in [2.05, 4.69) is 89.5 Å². The minimum Gasteiger partial charge on any atom is -0.455 e. The summed E-state index contributed by atoms with van der Waals surface area (Å²) >= 11 is 0. The number of nitrogens with zero attached hydrogens (tertiary/aromatic N) is 1. The monoisotopic (exact) mass is 575 g/mol. The molecule has 0 amide bonds. The number of rotatable bonds is 2. The Kier molecular flexibility index (Phi) is 5.08. The fourth-order valence-corrected chi connectivity index (χ4v) is 8.46. The first-order valence-corrected chi connectivity index (χ1v) is 16.2. The predicted molar refractivity (Wildman–Crippen MR) is 175 cm³/mol. The Balaban J connectivity index is 1.26. The molecule has 3 heterocycles. The van der Waals surface area contributed by atoms with E-state index in [0.717, 1.165) is 72.0 Å². The molecule has 0 N–H and O–H groups in total. The summed E-state index contributed by atoms with van der Waals surface area (Å²) in [4.78, 5) is 0. The minimum absolute atomic E-state index is 0.00826. The molecule has 9 rings (SSSR count). The van der Waals surface area contributed by atoms with Gasteiger partial charge in [-0.1, -0.05) is 91.0 Å². The van der Waals surface area contributed by atoms with E-state index in [1.54, 1.807) is 0 Å². The van der Waals surface area contributed by atoms with Crippen molar-refractivity contribution >= 4 is 53.6 Å². The summed E-state index contributed by atoms with van der Waals surface area (Å²) in [6.07, 6.45) is 0. The van der Waals surface area contributed by atoms with Gasteiger partial charge in [0.2, 0.25) is 0 Å². The first-order chi connectivity index (χ1) is 21.0. The van der Waals surface area contributed by atoms with Crippen molar-refractivity contribution in [2.24, 2.45) is 0 Å². The van der Waals surface area contributed by atoms with Crippen LogP contribution in [0, 0.1) is 0 Å². The van der Waals surface area contributed by atoms with Crippen molar-refractivity contribution in [2.75, 3.05) is 0 Å². The van der Waals surface area contributed by atoms with Crippen LogP contribution < -0.4 is 0 Å². The second-order valence-corrected chi connectivity index (χ2v) is 13.5. The van der Waals surface area contributed by atoms with E-state index in [1.807, 2.05) is 42.5 Å². The standard InChI is InChI=1S/C38H25NO3S/c40-43(41)22-25-16-18-27(39-35-13-4-1-8-30(35)31-9-2-5-14-36(31)39)21-34(25)28-19-17-24(20-26(28)23-43)29-11-7-12-33-32-10-3-6-15-37(32)42-38(29)33/h1-21H,22-23H2. The van der Waals surface area contributed by atoms with Gasteiger partial charge in [-0.05, 0) is 64.2 Å². The summed E-state index contributed by atoms with van der Waals surface area (Å²) in [5, 5.41) is 4.51. The average Bonchev–Trinajstić information content (AvgIpc) is 3.54. The maximum absolute atomic E-state index is 13.4. The summed E-state index contributed by atoms with van der Waals surface area (Å²) in [6.45, 7) is 0. The lowest BCUT2D eigenvalue weighted by atomic mass is 9.92. The molecule has 5 heteroatoms. The smallest absolute Gasteiger partial charge is 0.158 e. The second-order valence-electron chi connectivity index (χ2n) is 11.4. The van der Waals surface area contributed by atoms with Crippen LogP contribution in [0.3, 0.4) is 0 Å². The molecule has 0 saturated carbocycles. The molecule has 0 fully saturated rings. The molecule has 1 aliphatic rings. The highest BCUT2D eigenvalue weighted by atomic mass is 32.2. The van der Waals surface area contributed by atoms with Gasteiger partial charge in [-0.2, -0.15) is 0 Å². The Hall–Kier alpha value is -5.13. The van der Waals surface area contributed by atoms with Crippen LogP contribution in [0.5, 0.6) is 0 Å². The summed E-state index contributed by atoms with van der Waals surface area (Å²) in [6, 6.07) is 43.5. The summed E-state index contributed by atoms with van der Waals surface area (Å²) in [5.74, 6) is 0.00459. The van der Waals surface area contributed by atoms with Crippen LogP contribution in [0.4, 0.5) is 0 Å². The summed E-state index contributed by atoms with van der Waals surface area (Å²) in [7, 11) is -3.37. The maximum atomic E-state index is 13.4. The van der Waals surface area contributed by atoms with Crippen molar-refractivity contribution in [1.29, 1.82) is 0 Å². The zero-order valence-electron chi connectivity index (χ0n) is 23.1. The lowest BCUT2D eigenvalue weighted by molar-refractivity contribution is 0.595. The van der Waals surface area contributed by atoms with Crippen molar-refractivity contribution in [1.82, 2.24) is 4.57 Å². The zero-order chi connectivity index (χ0) is 28.7. The van der Waals surface area contributed by atoms with E-state index in [1.165, 1.54) is 10.8 Å². The first-order valence-electron chi connectivity index (χ1n) is 14.4. The van der Waals surface area contributed by atoms with Gasteiger partial charge in [0.15, 0.2) is 9.84 Å². The third-order valence-electron chi connectivity index (χ3n) is 8.79. The van der Waals surface area contributed by atoms with E-state index in [0.29, 0.717) is 0 Å². The van der Waals surface area contributed by atoms with Crippen LogP contribution in [0.25, 0.3) is 71.7 Å². The van der Waals surface area contributed by atoms with Crippen molar-refractivity contribution in [2.45, 2.75) is 11.5 Å². The van der Waals surface area contributed by atoms with Crippen molar-refractivity contribution in [3.8, 4) is 27.9 Å². The van der Waals surface area contributed by atoms with E-state index in [9.17, 15) is 8.42 Å². The number of sulfone groups is 1. The van der Waals surface area contributed by atoms with Gasteiger partial charge in [0.05, 0.1) is 22.5 Å². The molecule has 0 spiro atoms. The summed E-state index contributed by atoms with van der Waals surface area (Å²) < 4.78 is 35.4. The van der Waals surface area contributed by atoms with Gasteiger partial charge in [0.25, 0.3) is 0 Å². The number of aromatic nitrogens is 1. The van der Waals surface area contributed by atoms with Gasteiger partial charge in [-0.25, -0.2) is 8.42 Å². The normalized spacial score (nSPS) is 14.2. The van der Waals surface area contributed by atoms with E-state index >= 15 is 0 Å². The summed E-state index contributed by atoms with van der Waals surface area (Å²) in [5.41, 5.74) is 10.4. The molecule has 0 unspecified atom stereocenters. The van der Waals surface area contributed by atoms with Gasteiger partial charge >= 0.3 is 0 Å². The molecule has 0 radical (unpaired) electrons. The Bertz CT molecular complexity index is 2480. The Morgan fingerprint density at radius 1 is 0.535 bits per heavy atom. The number of para-hydroxylation sites is 4. The fraction of sp³-hybridized carbons (Fsp3) is 0.0526. The highest BCUT2D eigenvalue weighted by molar-refractivity contribution is 7.89. The predicted octanol–water partition coefficient (Wildman–Crippen LogP) is 9.45. The lowest BCUT2D eigenvalue weighted by Crippen LogP contribution is -2.05. The molecular formula is C38H25NO3S. The quantitative estimate of drug-likeness (QED) is 0.206. The molecule has 206 valence electrons. The number of hydrogen-bond acceptors (Lipinski definition) is 3. The van der Waals surface area contributed by atoms with Gasteiger partial charge in [0.1, 0.15) is 11.2 Å². The maximum Gasteiger partial charge on any atom is 0.158 e. The lowest BCUT2D eigenvalue weighted by Gasteiger charge is -2.14. The minimum atomic E-state index is -3.37. The third-order valence-corrected chi connectivity index (χ3v) is 10.3. The van der Waals surface area contributed by atoms with E-state index in [4.69, 9.17) is 4.42 Å². The SMILES string of the molecule is O=S1(=O)Cc2cc(-c3cccc4c3oc3ccccc34)ccc2-c2cc(-n3c4ccccc4c4ccccc43)ccc2C1. The van der Waals surface area contributed by atoms with Crippen molar-refractivity contribution < 1.29 is 12.8 Å². The number of furan rings is 1. The second kappa shape index (κ2) is 8.93. The molecule has 4 nitrogen and oxygen atoms in total. The highest BCUT2D eigenvalue weighted by Gasteiger charge is 2.25. The van der Waals surface area contributed by atoms with Crippen LogP contribution >= 0.6 is 0 Å². The third kappa shape index (κ3) is 3.71. The van der Waals surface area contributed by atoms with Crippen molar-refractivity contribution in [3.63, 3.8) is 0 Å². The van der Waals surface area contributed by atoms with Gasteiger partial charge in [-0.3, -0.25) is 0 Å². The van der Waals surface area contributed by atoms with E-state index in [-0.39, 0.29) is 11.5 Å². The fourth-order valence-electron chi connectivity index (χ4n) is 6.92. The van der Waals surface area contributed by atoms with Crippen LogP contribution in [0.15, 0.2) is 132 Å². The van der Waals surface area contributed by atoms with Crippen LogP contribution in [-0.4, -0.2) is 13.0 Å². The van der Waals surface area contributed by atoms with Crippen LogP contribution in [-0.2, 0) is 21.3 Å². The molecule has 6 aromatic carbocycles. The van der Waals surface area contributed by atoms with Gasteiger partial charge in [0, 0.05) is 32.8 Å². The van der Waals surface area contributed by atoms with Gasteiger partial charge < -0.3 is 8.98 Å². The van der Waals surface area contributed by atoms with E-state index < -0.39 is 9.84 Å². The molecular weight excluding hydrogens is 550 g/mol. The largest absolute Gasteiger partial charge is 0.455 e. The molecule has 0 bridgehead atoms. The molecule has 0 saturated heterocycles. The molecule has 8 aromatic rings. The Morgan fingerprint density at radius 3 is 2.00 bits per heavy atom. The zero-order valence-corrected chi connectivity index (χ0v) is 23.9. The Labute approximate surface area is 248 Å². The van der Waals surface area contributed by atoms with Crippen LogP contribution in [0.2, 0.25) is 0 Å². The number of fused-ring (bicyclic) bond motifs is 9. The van der Waals surface area contributed by atoms with Crippen molar-refractivity contribution in [3.05, 3.63) is 139 Å². The van der Waals surface area contributed by atoms with Crippen LogP contribution in [0.1, 0.15) is 11.1 Å². The average molecular weight is 576 g/mol. The van der Waals surface area contributed by atoms with Gasteiger partial charge in [-0.15, -0.1) is 0 Å². The number of hydrogen-bond donors (Lipinski definition) is 0. The molecule has 2 aromatic heterocycles. The highest BCUT2D eigenvalue weighted by Crippen LogP contribution is 2.41. The topological polar surface area (TPSA) is 52.2 Å². The first kappa shape index (κ1) is 24.5. The number of benzene rings is 6.